The van der Waals surface area contributed by atoms with Gasteiger partial charge in [0.15, 0.2) is 0 Å². The van der Waals surface area contributed by atoms with Gasteiger partial charge < -0.3 is 9.64 Å². The molecule has 0 atom stereocenters. The summed E-state index contributed by atoms with van der Waals surface area (Å²) in [5.41, 5.74) is -1.78. The molecule has 33 heavy (non-hydrogen) atoms. The lowest BCUT2D eigenvalue weighted by Gasteiger charge is -2.20. The van der Waals surface area contributed by atoms with Gasteiger partial charge in [0.05, 0.1) is 11.1 Å². The molecule has 3 rings (SSSR count). The summed E-state index contributed by atoms with van der Waals surface area (Å²) in [7, 11) is 0. The van der Waals surface area contributed by atoms with E-state index in [2.05, 4.69) is 4.98 Å². The molecule has 10 heteroatoms. The van der Waals surface area contributed by atoms with Crippen molar-refractivity contribution in [1.29, 1.82) is 0 Å². The summed E-state index contributed by atoms with van der Waals surface area (Å²) in [6.07, 6.45) is -6.05. The van der Waals surface area contributed by atoms with Crippen molar-refractivity contribution in [3.63, 3.8) is 0 Å². The number of rotatable bonds is 8. The normalized spacial score (nSPS) is 11.8. The number of benzene rings is 2. The summed E-state index contributed by atoms with van der Waals surface area (Å²) in [4.78, 5) is 16.9. The van der Waals surface area contributed by atoms with Gasteiger partial charge in [-0.3, -0.25) is 9.78 Å². The second kappa shape index (κ2) is 9.93. The van der Waals surface area contributed by atoms with Crippen LogP contribution in [-0.2, 0) is 36.8 Å². The second-order valence-corrected chi connectivity index (χ2v) is 7.18. The number of halogens is 6. The smallest absolute Gasteiger partial charge is 0.416 e. The van der Waals surface area contributed by atoms with E-state index in [4.69, 9.17) is 4.74 Å². The van der Waals surface area contributed by atoms with E-state index in [9.17, 15) is 31.1 Å². The van der Waals surface area contributed by atoms with Gasteiger partial charge in [0.25, 0.3) is 0 Å². The maximum absolute atomic E-state index is 13.1. The molecule has 3 aromatic rings. The van der Waals surface area contributed by atoms with Crippen LogP contribution in [0.3, 0.4) is 0 Å². The zero-order valence-electron chi connectivity index (χ0n) is 17.0. The number of aromatic nitrogens is 1. The van der Waals surface area contributed by atoms with Crippen LogP contribution in [-0.4, -0.2) is 16.3 Å². The first kappa shape index (κ1) is 24.1. The molecule has 1 amide bonds. The fourth-order valence-corrected chi connectivity index (χ4v) is 3.11. The number of carbonyl (C=O) groups excluding carboxylic acids is 1. The van der Waals surface area contributed by atoms with Gasteiger partial charge in [-0.1, -0.05) is 24.3 Å². The monoisotopic (exact) mass is 468 g/mol. The van der Waals surface area contributed by atoms with Crippen molar-refractivity contribution in [1.82, 2.24) is 9.88 Å². The number of hydrogen-bond donors (Lipinski definition) is 0. The molecule has 1 aromatic heterocycles. The maximum Gasteiger partial charge on any atom is 0.416 e. The van der Waals surface area contributed by atoms with Crippen LogP contribution >= 0.6 is 0 Å². The Bertz CT molecular complexity index is 1050. The van der Waals surface area contributed by atoms with E-state index < -0.39 is 30.1 Å². The van der Waals surface area contributed by atoms with E-state index in [1.807, 2.05) is 0 Å². The number of carbonyl (C=O) groups is 1. The summed E-state index contributed by atoms with van der Waals surface area (Å²) in [6, 6.07) is 11.3. The maximum atomic E-state index is 13.1. The Labute approximate surface area is 185 Å². The molecule has 0 radical (unpaired) electrons. The third-order valence-corrected chi connectivity index (χ3v) is 4.65. The highest BCUT2D eigenvalue weighted by atomic mass is 19.4. The van der Waals surface area contributed by atoms with Crippen molar-refractivity contribution in [2.24, 2.45) is 0 Å². The van der Waals surface area contributed by atoms with Crippen LogP contribution in [0.5, 0.6) is 5.75 Å². The first-order chi connectivity index (χ1) is 15.6. The molecule has 4 nitrogen and oxygen atoms in total. The number of alkyl halides is 6. The van der Waals surface area contributed by atoms with Crippen molar-refractivity contribution >= 4 is 6.41 Å². The average Bonchev–Trinajstić information content (AvgIpc) is 2.77. The molecule has 0 aliphatic rings. The summed E-state index contributed by atoms with van der Waals surface area (Å²) in [6.45, 7) is -0.146. The minimum absolute atomic E-state index is 0.0673. The number of nitrogens with zero attached hydrogens (tertiary/aromatic N) is 2. The fraction of sp³-hybridized carbons (Fsp3) is 0.217. The van der Waals surface area contributed by atoms with Gasteiger partial charge in [-0.2, -0.15) is 26.3 Å². The molecule has 0 aliphatic carbocycles. The van der Waals surface area contributed by atoms with E-state index >= 15 is 0 Å². The highest BCUT2D eigenvalue weighted by Gasteiger charge is 2.36. The van der Waals surface area contributed by atoms with Crippen molar-refractivity contribution in [3.05, 3.63) is 94.8 Å². The molecule has 0 saturated heterocycles. The van der Waals surface area contributed by atoms with E-state index in [1.54, 1.807) is 42.7 Å². The minimum Gasteiger partial charge on any atom is -0.489 e. The minimum atomic E-state index is -4.94. The Morgan fingerprint density at radius 3 is 2.09 bits per heavy atom. The lowest BCUT2D eigenvalue weighted by molar-refractivity contribution is -0.143. The summed E-state index contributed by atoms with van der Waals surface area (Å²) in [5, 5.41) is 0. The van der Waals surface area contributed by atoms with E-state index in [0.717, 1.165) is 5.56 Å². The van der Waals surface area contributed by atoms with E-state index in [1.165, 1.54) is 11.0 Å². The number of pyridine rings is 1. The molecule has 0 unspecified atom stereocenters. The highest BCUT2D eigenvalue weighted by molar-refractivity contribution is 5.48. The Hall–Kier alpha value is -3.56. The Kier molecular flexibility index (Phi) is 7.25. The molecule has 0 fully saturated rings. The van der Waals surface area contributed by atoms with Gasteiger partial charge in [0.1, 0.15) is 12.4 Å². The van der Waals surface area contributed by atoms with Gasteiger partial charge in [0, 0.05) is 31.0 Å². The van der Waals surface area contributed by atoms with Crippen LogP contribution in [0.4, 0.5) is 26.3 Å². The molecule has 0 N–H and O–H groups in total. The van der Waals surface area contributed by atoms with Crippen LogP contribution in [0.2, 0.25) is 0 Å². The summed E-state index contributed by atoms with van der Waals surface area (Å²) >= 11 is 0. The third kappa shape index (κ3) is 6.71. The number of hydrogen-bond acceptors (Lipinski definition) is 3. The predicted molar refractivity (Wildman–Crippen MR) is 107 cm³/mol. The molecule has 1 heterocycles. The van der Waals surface area contributed by atoms with Crippen LogP contribution in [0.15, 0.2) is 67.0 Å². The molecular weight excluding hydrogens is 450 g/mol. The summed E-state index contributed by atoms with van der Waals surface area (Å²) < 4.78 is 84.0. The molecule has 0 bridgehead atoms. The quantitative estimate of drug-likeness (QED) is 0.307. The van der Waals surface area contributed by atoms with Crippen molar-refractivity contribution in [3.8, 4) is 5.75 Å². The van der Waals surface area contributed by atoms with Crippen LogP contribution in [0.25, 0.3) is 0 Å². The molecule has 2 aromatic carbocycles. The SMILES string of the molecule is O=CN(Cc1cccnc1)Cc1ccccc1OCc1cc(C(F)(F)F)cc(C(F)(F)F)c1. The van der Waals surface area contributed by atoms with Crippen molar-refractivity contribution in [2.45, 2.75) is 32.0 Å². The van der Waals surface area contributed by atoms with Crippen molar-refractivity contribution < 1.29 is 35.9 Å². The van der Waals surface area contributed by atoms with Crippen molar-refractivity contribution in [2.75, 3.05) is 0 Å². The molecule has 0 spiro atoms. The topological polar surface area (TPSA) is 42.4 Å². The highest BCUT2D eigenvalue weighted by Crippen LogP contribution is 2.36. The van der Waals surface area contributed by atoms with E-state index in [0.29, 0.717) is 24.1 Å². The van der Waals surface area contributed by atoms with Crippen LogP contribution in [0.1, 0.15) is 27.8 Å². The zero-order chi connectivity index (χ0) is 24.1. The average molecular weight is 468 g/mol. The Morgan fingerprint density at radius 2 is 1.52 bits per heavy atom. The molecule has 174 valence electrons. The molecule has 0 aliphatic heterocycles. The van der Waals surface area contributed by atoms with Gasteiger partial charge in [0.2, 0.25) is 6.41 Å². The largest absolute Gasteiger partial charge is 0.489 e. The van der Waals surface area contributed by atoms with Gasteiger partial charge in [-0.05, 0) is 41.5 Å². The summed E-state index contributed by atoms with van der Waals surface area (Å²) in [5.74, 6) is 0.238. The number of amides is 1. The molecular formula is C23H18F6N2O2. The third-order valence-electron chi connectivity index (χ3n) is 4.65. The van der Waals surface area contributed by atoms with Gasteiger partial charge >= 0.3 is 12.4 Å². The van der Waals surface area contributed by atoms with Crippen LogP contribution < -0.4 is 4.74 Å². The fourth-order valence-electron chi connectivity index (χ4n) is 3.11. The molecule has 0 saturated carbocycles. The number of ether oxygens (including phenoxy) is 1. The number of para-hydroxylation sites is 1. The Morgan fingerprint density at radius 1 is 0.848 bits per heavy atom. The standard InChI is InChI=1S/C23H18F6N2O2/c24-22(25,26)19-8-17(9-20(10-19)23(27,28)29)14-33-21-6-2-1-5-18(21)13-31(15-32)12-16-4-3-7-30-11-16/h1-11,15H,12-14H2. The van der Waals surface area contributed by atoms with Gasteiger partial charge in [-0.25, -0.2) is 0 Å². The first-order valence-electron chi connectivity index (χ1n) is 9.63. The van der Waals surface area contributed by atoms with Gasteiger partial charge in [-0.15, -0.1) is 0 Å². The van der Waals surface area contributed by atoms with Crippen LogP contribution in [0, 0.1) is 0 Å². The lowest BCUT2D eigenvalue weighted by Crippen LogP contribution is -2.21. The second-order valence-electron chi connectivity index (χ2n) is 7.18. The first-order valence-corrected chi connectivity index (χ1v) is 9.63. The van der Waals surface area contributed by atoms with E-state index in [-0.39, 0.29) is 30.5 Å². The Balaban J connectivity index is 1.79. The lowest BCUT2D eigenvalue weighted by atomic mass is 10.1. The zero-order valence-corrected chi connectivity index (χ0v) is 17.0. The predicted octanol–water partition coefficient (Wildman–Crippen LogP) is 5.86.